The predicted molar refractivity (Wildman–Crippen MR) is 147 cm³/mol. The number of halogens is 1. The van der Waals surface area contributed by atoms with E-state index in [9.17, 15) is 14.4 Å². The molecule has 3 aromatic rings. The van der Waals surface area contributed by atoms with Crippen LogP contribution in [0.3, 0.4) is 0 Å². The van der Waals surface area contributed by atoms with Gasteiger partial charge in [0.15, 0.2) is 5.96 Å². The molecule has 0 spiro atoms. The molecule has 208 valence electrons. The molecule has 0 bridgehead atoms. The highest BCUT2D eigenvalue weighted by atomic mass is 35.5. The van der Waals surface area contributed by atoms with Gasteiger partial charge in [0, 0.05) is 18.5 Å². The van der Waals surface area contributed by atoms with E-state index in [1.807, 2.05) is 18.2 Å². The minimum Gasteiger partial charge on any atom is -0.463 e. The first-order chi connectivity index (χ1) is 18.4. The lowest BCUT2D eigenvalue weighted by Crippen LogP contribution is -2.64. The van der Waals surface area contributed by atoms with Gasteiger partial charge in [-0.2, -0.15) is 5.10 Å². The van der Waals surface area contributed by atoms with Crippen molar-refractivity contribution in [2.45, 2.75) is 32.0 Å². The van der Waals surface area contributed by atoms with E-state index >= 15 is 0 Å². The van der Waals surface area contributed by atoms with E-state index < -0.39 is 23.6 Å². The largest absolute Gasteiger partial charge is 0.463 e. The summed E-state index contributed by atoms with van der Waals surface area (Å²) < 4.78 is 10.7. The second-order valence-corrected chi connectivity index (χ2v) is 8.83. The first kappa shape index (κ1) is 29.2. The molecule has 4 rings (SSSR count). The van der Waals surface area contributed by atoms with Crippen molar-refractivity contribution in [1.82, 2.24) is 31.5 Å². The van der Waals surface area contributed by atoms with Gasteiger partial charge in [0.1, 0.15) is 6.61 Å². The Morgan fingerprint density at radius 2 is 1.85 bits per heavy atom. The molecular weight excluding hydrogens is 526 g/mol. The van der Waals surface area contributed by atoms with Crippen LogP contribution in [-0.4, -0.2) is 66.0 Å². The number of rotatable bonds is 11. The Hall–Kier alpha value is -4.32. The summed E-state index contributed by atoms with van der Waals surface area (Å²) in [5.41, 5.74) is -0.180. The zero-order valence-corrected chi connectivity index (χ0v) is 22.3. The van der Waals surface area contributed by atoms with Crippen molar-refractivity contribution in [3.8, 4) is 0 Å². The number of carbonyl (C=O) groups excluding carboxylic acids is 3. The number of nitrogens with one attached hydrogen (secondary N) is 5. The summed E-state index contributed by atoms with van der Waals surface area (Å²) >= 11 is 0. The second kappa shape index (κ2) is 14.0. The molecule has 1 aliphatic rings. The molecule has 2 aromatic carbocycles. The molecule has 0 fully saturated rings. The zero-order valence-electron chi connectivity index (χ0n) is 21.5. The van der Waals surface area contributed by atoms with Crippen LogP contribution in [0, 0.1) is 0 Å². The average Bonchev–Trinajstić information content (AvgIpc) is 3.62. The lowest BCUT2D eigenvalue weighted by molar-refractivity contribution is -0.152. The van der Waals surface area contributed by atoms with Crippen molar-refractivity contribution in [3.63, 3.8) is 0 Å². The Morgan fingerprint density at radius 3 is 2.62 bits per heavy atom. The third-order valence-corrected chi connectivity index (χ3v) is 5.84. The highest BCUT2D eigenvalue weighted by Gasteiger charge is 2.39. The van der Waals surface area contributed by atoms with Crippen LogP contribution >= 0.6 is 12.4 Å². The van der Waals surface area contributed by atoms with Crippen molar-refractivity contribution in [2.75, 3.05) is 26.2 Å². The van der Waals surface area contributed by atoms with Crippen LogP contribution in [0.15, 0.2) is 59.7 Å². The first-order valence-electron chi connectivity index (χ1n) is 12.4. The quantitative estimate of drug-likeness (QED) is 0.136. The smallest absolute Gasteiger partial charge is 0.409 e. The number of unbranched alkanes of at least 4 members (excludes halogenated alkanes) is 1. The highest BCUT2D eigenvalue weighted by molar-refractivity contribution is 6.07. The second-order valence-electron chi connectivity index (χ2n) is 8.83. The molecule has 5 N–H and O–H groups in total. The molecule has 2 heterocycles. The van der Waals surface area contributed by atoms with Crippen molar-refractivity contribution in [3.05, 3.63) is 65.9 Å². The maximum atomic E-state index is 13.2. The summed E-state index contributed by atoms with van der Waals surface area (Å²) in [7, 11) is 0. The third-order valence-electron chi connectivity index (χ3n) is 5.84. The number of aliphatic imine (C=N–C) groups is 1. The van der Waals surface area contributed by atoms with Crippen LogP contribution in [0.5, 0.6) is 0 Å². The summed E-state index contributed by atoms with van der Waals surface area (Å²) in [5, 5.41) is 18.7. The number of hydrogen-bond acceptors (Lipinski definition) is 9. The van der Waals surface area contributed by atoms with Gasteiger partial charge < -0.3 is 25.4 Å². The van der Waals surface area contributed by atoms with E-state index in [4.69, 9.17) is 9.47 Å². The number of guanidine groups is 1. The van der Waals surface area contributed by atoms with Crippen LogP contribution in [0.1, 0.15) is 35.7 Å². The third kappa shape index (κ3) is 8.08. The number of aromatic amines is 1. The summed E-state index contributed by atoms with van der Waals surface area (Å²) in [6.45, 7) is 3.69. The van der Waals surface area contributed by atoms with Crippen LogP contribution in [0.4, 0.5) is 4.79 Å². The lowest BCUT2D eigenvalue weighted by atomic mass is 10.1. The molecular formula is C26H32ClN7O5. The molecule has 13 heteroatoms. The molecule has 0 aliphatic carbocycles. The van der Waals surface area contributed by atoms with Gasteiger partial charge in [-0.05, 0) is 37.5 Å². The molecule has 1 atom stereocenters. The highest BCUT2D eigenvalue weighted by Crippen LogP contribution is 2.17. The number of benzene rings is 2. The minimum atomic E-state index is -1.89. The van der Waals surface area contributed by atoms with Gasteiger partial charge in [-0.1, -0.05) is 36.4 Å². The Kier molecular flexibility index (Phi) is 10.5. The van der Waals surface area contributed by atoms with Crippen LogP contribution in [0.2, 0.25) is 0 Å². The monoisotopic (exact) mass is 557 g/mol. The molecule has 1 aromatic heterocycles. The number of esters is 1. The minimum absolute atomic E-state index is 0. The first-order valence-corrected chi connectivity index (χ1v) is 12.4. The molecule has 39 heavy (non-hydrogen) atoms. The predicted octanol–water partition coefficient (Wildman–Crippen LogP) is 2.23. The van der Waals surface area contributed by atoms with Gasteiger partial charge in [-0.3, -0.25) is 20.2 Å². The number of fused-ring (bicyclic) bond motifs is 1. The fourth-order valence-electron chi connectivity index (χ4n) is 3.82. The van der Waals surface area contributed by atoms with E-state index in [1.54, 1.807) is 30.3 Å². The topological polar surface area (TPSA) is 159 Å². The Labute approximate surface area is 231 Å². The Balaban J connectivity index is 0.00000420. The van der Waals surface area contributed by atoms with E-state index in [-0.39, 0.29) is 31.2 Å². The van der Waals surface area contributed by atoms with E-state index in [0.717, 1.165) is 31.0 Å². The number of aromatic nitrogens is 2. The van der Waals surface area contributed by atoms with Crippen molar-refractivity contribution >= 4 is 47.2 Å². The van der Waals surface area contributed by atoms with Gasteiger partial charge in [0.2, 0.25) is 5.66 Å². The van der Waals surface area contributed by atoms with Gasteiger partial charge in [0.05, 0.1) is 30.4 Å². The van der Waals surface area contributed by atoms with Gasteiger partial charge in [-0.15, -0.1) is 12.4 Å². The molecule has 0 saturated carbocycles. The number of alkyl carbamates (subject to hydrolysis) is 1. The fourth-order valence-corrected chi connectivity index (χ4v) is 3.82. The summed E-state index contributed by atoms with van der Waals surface area (Å²) in [6, 6.07) is 14.2. The average molecular weight is 558 g/mol. The van der Waals surface area contributed by atoms with Gasteiger partial charge in [-0.25, -0.2) is 9.59 Å². The molecule has 12 nitrogen and oxygen atoms in total. The van der Waals surface area contributed by atoms with Crippen molar-refractivity contribution in [2.24, 2.45) is 4.99 Å². The standard InChI is InChI=1S/C26H31N7O5.ClH/c1-26(32-25(36)38-17-18-8-3-2-4-9-18,23(35)37-15-6-5-12-27-24-28-13-14-29-24)31-22(34)19-10-7-11-21-20(19)16-30-33-21;/h2-4,7-11,16H,5-6,12-15,17H2,1H3,(H,30,33)(H,31,34)(H,32,36)(H2,27,28,29);1H/t26-;/m0./s1. The molecule has 2 amide bonds. The van der Waals surface area contributed by atoms with Gasteiger partial charge >= 0.3 is 12.1 Å². The van der Waals surface area contributed by atoms with Crippen molar-refractivity contribution < 1.29 is 23.9 Å². The molecule has 1 aliphatic heterocycles. The summed E-state index contributed by atoms with van der Waals surface area (Å²) in [4.78, 5) is 43.2. The maximum Gasteiger partial charge on any atom is 0.409 e. The lowest BCUT2D eigenvalue weighted by Gasteiger charge is -2.29. The number of hydrogen-bond donors (Lipinski definition) is 5. The normalized spacial score (nSPS) is 13.7. The zero-order chi connectivity index (χ0) is 26.8. The van der Waals surface area contributed by atoms with Crippen molar-refractivity contribution in [1.29, 1.82) is 0 Å². The SMILES string of the molecule is C[C@@](NC(=O)OCc1ccccc1)(NC(=O)c1cccc2[nH]ncc12)C(=O)OCCCCNC1=NCCN1.Cl. The van der Waals surface area contributed by atoms with Crippen LogP contribution in [-0.2, 0) is 20.9 Å². The van der Waals surface area contributed by atoms with E-state index in [2.05, 4.69) is 36.5 Å². The van der Waals surface area contributed by atoms with Gasteiger partial charge in [0.25, 0.3) is 5.91 Å². The number of carbonyl (C=O) groups is 3. The summed E-state index contributed by atoms with van der Waals surface area (Å²) in [5.74, 6) is -0.645. The Morgan fingerprint density at radius 1 is 1.03 bits per heavy atom. The molecule has 0 saturated heterocycles. The molecule has 0 radical (unpaired) electrons. The van der Waals surface area contributed by atoms with Crippen LogP contribution < -0.4 is 21.3 Å². The Bertz CT molecular complexity index is 1300. The number of ether oxygens (including phenoxy) is 2. The maximum absolute atomic E-state index is 13.2. The molecule has 0 unspecified atom stereocenters. The number of H-pyrrole nitrogens is 1. The van der Waals surface area contributed by atoms with E-state index in [1.165, 1.54) is 13.1 Å². The van der Waals surface area contributed by atoms with E-state index in [0.29, 0.717) is 23.9 Å². The fraction of sp³-hybridized carbons (Fsp3) is 0.346. The summed E-state index contributed by atoms with van der Waals surface area (Å²) in [6.07, 6.45) is 1.93. The number of nitrogens with zero attached hydrogens (tertiary/aromatic N) is 2. The van der Waals surface area contributed by atoms with Crippen LogP contribution in [0.25, 0.3) is 10.9 Å². The number of amides is 2.